The van der Waals surface area contributed by atoms with E-state index in [0.29, 0.717) is 11.5 Å². The summed E-state index contributed by atoms with van der Waals surface area (Å²) < 4.78 is 25.1. The molecule has 230 valence electrons. The van der Waals surface area contributed by atoms with Gasteiger partial charge in [0.05, 0.1) is 28.1 Å². The van der Waals surface area contributed by atoms with Gasteiger partial charge in [0.25, 0.3) is 0 Å². The van der Waals surface area contributed by atoms with Crippen LogP contribution in [0.1, 0.15) is 51.6 Å². The Kier molecular flexibility index (Phi) is 7.44. The van der Waals surface area contributed by atoms with Crippen molar-refractivity contribution in [1.29, 1.82) is 0 Å². The molecular weight excluding hydrogens is 571 g/mol. The van der Waals surface area contributed by atoms with Crippen LogP contribution >= 0.6 is 0 Å². The second kappa shape index (κ2) is 11.6. The second-order valence-corrected chi connectivity index (χ2v) is 12.7. The van der Waals surface area contributed by atoms with E-state index in [1.54, 1.807) is 6.07 Å². The molecule has 0 radical (unpaired) electrons. The maximum Gasteiger partial charge on any atom is 0.137 e. The average molecular weight is 609 g/mol. The first kappa shape index (κ1) is 29.5. The van der Waals surface area contributed by atoms with Gasteiger partial charge in [0.15, 0.2) is 0 Å². The first-order valence-corrected chi connectivity index (χ1v) is 15.9. The SMILES string of the molecule is CCc1nn(-c2cccc(Oc3ccc4c5cc(F)ccc5n(-c5cc(C(C)(C)C)ccn5)c4c3)c2)c(CC)c1-c1ccccc1. The van der Waals surface area contributed by atoms with Gasteiger partial charge in [-0.3, -0.25) is 4.57 Å². The van der Waals surface area contributed by atoms with E-state index in [9.17, 15) is 4.39 Å². The molecule has 46 heavy (non-hydrogen) atoms. The fourth-order valence-corrected chi connectivity index (χ4v) is 6.33. The Morgan fingerprint density at radius 1 is 0.739 bits per heavy atom. The number of halogens is 1. The molecular formula is C40H37FN4O. The van der Waals surface area contributed by atoms with Crippen LogP contribution < -0.4 is 4.74 Å². The zero-order valence-electron chi connectivity index (χ0n) is 26.9. The van der Waals surface area contributed by atoms with Crippen LogP contribution in [0.25, 0.3) is 44.4 Å². The van der Waals surface area contributed by atoms with Gasteiger partial charge in [-0.2, -0.15) is 5.10 Å². The van der Waals surface area contributed by atoms with Crippen molar-refractivity contribution in [1.82, 2.24) is 19.3 Å². The maximum atomic E-state index is 14.5. The number of rotatable bonds is 7. The smallest absolute Gasteiger partial charge is 0.137 e. The highest BCUT2D eigenvalue weighted by Crippen LogP contribution is 2.37. The summed E-state index contributed by atoms with van der Waals surface area (Å²) >= 11 is 0. The molecule has 3 aromatic heterocycles. The first-order valence-electron chi connectivity index (χ1n) is 15.9. The maximum absolute atomic E-state index is 14.5. The van der Waals surface area contributed by atoms with E-state index in [2.05, 4.69) is 86.3 Å². The van der Waals surface area contributed by atoms with Crippen LogP contribution in [0.5, 0.6) is 11.5 Å². The molecule has 0 saturated heterocycles. The van der Waals surface area contributed by atoms with Crippen LogP contribution in [0, 0.1) is 5.82 Å². The van der Waals surface area contributed by atoms with Gasteiger partial charge in [-0.05, 0) is 84.0 Å². The van der Waals surface area contributed by atoms with Crippen molar-refractivity contribution >= 4 is 21.8 Å². The Balaban J connectivity index is 1.31. The Labute approximate surface area is 268 Å². The third-order valence-corrected chi connectivity index (χ3v) is 8.62. The molecule has 7 rings (SSSR count). The van der Waals surface area contributed by atoms with Crippen LogP contribution in [0.15, 0.2) is 109 Å². The molecule has 6 heteroatoms. The summed E-state index contributed by atoms with van der Waals surface area (Å²) in [7, 11) is 0. The molecule has 0 N–H and O–H groups in total. The Morgan fingerprint density at radius 3 is 2.30 bits per heavy atom. The minimum Gasteiger partial charge on any atom is -0.457 e. The monoisotopic (exact) mass is 608 g/mol. The number of benzene rings is 4. The van der Waals surface area contributed by atoms with Crippen molar-refractivity contribution < 1.29 is 9.13 Å². The Hall–Kier alpha value is -5.23. The molecule has 0 saturated carbocycles. The number of hydrogen-bond acceptors (Lipinski definition) is 3. The molecule has 0 amide bonds. The number of pyridine rings is 1. The highest BCUT2D eigenvalue weighted by atomic mass is 19.1. The number of nitrogens with zero attached hydrogens (tertiary/aromatic N) is 4. The molecule has 0 spiro atoms. The summed E-state index contributed by atoms with van der Waals surface area (Å²) in [5.74, 6) is 1.89. The van der Waals surface area contributed by atoms with Crippen molar-refractivity contribution in [3.05, 3.63) is 132 Å². The van der Waals surface area contributed by atoms with E-state index in [0.717, 1.165) is 51.8 Å². The fraction of sp³-hybridized carbons (Fsp3) is 0.200. The highest BCUT2D eigenvalue weighted by molar-refractivity contribution is 6.09. The zero-order chi connectivity index (χ0) is 32.0. The van der Waals surface area contributed by atoms with Crippen molar-refractivity contribution in [2.45, 2.75) is 52.9 Å². The lowest BCUT2D eigenvalue weighted by Gasteiger charge is -2.20. The molecule has 0 atom stereocenters. The third kappa shape index (κ3) is 5.24. The second-order valence-electron chi connectivity index (χ2n) is 12.7. The summed E-state index contributed by atoms with van der Waals surface area (Å²) in [6.07, 6.45) is 3.52. The van der Waals surface area contributed by atoms with Crippen LogP contribution in [-0.2, 0) is 18.3 Å². The van der Waals surface area contributed by atoms with Gasteiger partial charge in [0, 0.05) is 34.7 Å². The lowest BCUT2D eigenvalue weighted by atomic mass is 9.88. The summed E-state index contributed by atoms with van der Waals surface area (Å²) in [5.41, 5.74) is 8.49. The van der Waals surface area contributed by atoms with E-state index in [-0.39, 0.29) is 11.2 Å². The van der Waals surface area contributed by atoms with Gasteiger partial charge >= 0.3 is 0 Å². The molecule has 0 bridgehead atoms. The topological polar surface area (TPSA) is 44.9 Å². The van der Waals surface area contributed by atoms with Gasteiger partial charge in [-0.25, -0.2) is 14.1 Å². The summed E-state index contributed by atoms with van der Waals surface area (Å²) in [5, 5.41) is 6.82. The van der Waals surface area contributed by atoms with E-state index in [1.807, 2.05) is 54.7 Å². The van der Waals surface area contributed by atoms with E-state index < -0.39 is 0 Å². The Bertz CT molecular complexity index is 2210. The quantitative estimate of drug-likeness (QED) is 0.181. The third-order valence-electron chi connectivity index (χ3n) is 8.62. The predicted octanol–water partition coefficient (Wildman–Crippen LogP) is 10.4. The average Bonchev–Trinajstić information content (AvgIpc) is 3.60. The molecule has 3 heterocycles. The lowest BCUT2D eigenvalue weighted by molar-refractivity contribution is 0.482. The van der Waals surface area contributed by atoms with Gasteiger partial charge in [-0.1, -0.05) is 71.0 Å². The van der Waals surface area contributed by atoms with Crippen molar-refractivity contribution in [2.24, 2.45) is 0 Å². The summed E-state index contributed by atoms with van der Waals surface area (Å²) in [4.78, 5) is 4.75. The van der Waals surface area contributed by atoms with Gasteiger partial charge in [0.1, 0.15) is 23.1 Å². The van der Waals surface area contributed by atoms with E-state index >= 15 is 0 Å². The van der Waals surface area contributed by atoms with Crippen molar-refractivity contribution in [3.8, 4) is 34.1 Å². The lowest BCUT2D eigenvalue weighted by Crippen LogP contribution is -2.12. The van der Waals surface area contributed by atoms with E-state index in [4.69, 9.17) is 14.8 Å². The minimum atomic E-state index is -0.271. The molecule has 5 nitrogen and oxygen atoms in total. The standard InChI is InChI=1S/C40H37FN4O/c1-6-34-39(26-12-9-8-10-13-26)35(7-2)45(43-34)29-14-11-15-30(24-29)46-31-17-18-32-33-23-28(41)16-19-36(33)44(37(32)25-31)38-22-27(20-21-42-38)40(3,4)5/h8-25H,6-7H2,1-5H3. The zero-order valence-corrected chi connectivity index (χ0v) is 26.9. The number of ether oxygens (including phenoxy) is 1. The molecule has 0 unspecified atom stereocenters. The van der Waals surface area contributed by atoms with Crippen LogP contribution in [-0.4, -0.2) is 19.3 Å². The van der Waals surface area contributed by atoms with Crippen LogP contribution in [0.3, 0.4) is 0 Å². The molecule has 0 aliphatic rings. The molecule has 7 aromatic rings. The highest BCUT2D eigenvalue weighted by Gasteiger charge is 2.20. The fourth-order valence-electron chi connectivity index (χ4n) is 6.33. The molecule has 0 fully saturated rings. The van der Waals surface area contributed by atoms with Gasteiger partial charge in [0.2, 0.25) is 0 Å². The summed E-state index contributed by atoms with van der Waals surface area (Å²) in [6, 6.07) is 33.6. The first-order chi connectivity index (χ1) is 22.2. The van der Waals surface area contributed by atoms with Gasteiger partial charge in [-0.15, -0.1) is 0 Å². The normalized spacial score (nSPS) is 11.9. The summed E-state index contributed by atoms with van der Waals surface area (Å²) in [6.45, 7) is 10.9. The molecule has 0 aliphatic carbocycles. The Morgan fingerprint density at radius 2 is 1.54 bits per heavy atom. The van der Waals surface area contributed by atoms with Crippen molar-refractivity contribution in [2.75, 3.05) is 0 Å². The number of aromatic nitrogens is 4. The molecule has 4 aromatic carbocycles. The molecule has 0 aliphatic heterocycles. The van der Waals surface area contributed by atoms with Crippen molar-refractivity contribution in [3.63, 3.8) is 0 Å². The van der Waals surface area contributed by atoms with Crippen LogP contribution in [0.2, 0.25) is 0 Å². The predicted molar refractivity (Wildman–Crippen MR) is 185 cm³/mol. The number of aryl methyl sites for hydroxylation is 1. The van der Waals surface area contributed by atoms with Gasteiger partial charge < -0.3 is 4.74 Å². The van der Waals surface area contributed by atoms with Crippen LogP contribution in [0.4, 0.5) is 4.39 Å². The van der Waals surface area contributed by atoms with E-state index in [1.165, 1.54) is 28.5 Å². The minimum absolute atomic E-state index is 0.0478. The number of hydrogen-bond donors (Lipinski definition) is 0. The largest absolute Gasteiger partial charge is 0.457 e. The number of fused-ring (bicyclic) bond motifs is 3.